The lowest BCUT2D eigenvalue weighted by atomic mass is 9.91. The Kier molecular flexibility index (Phi) is 7.18. The summed E-state index contributed by atoms with van der Waals surface area (Å²) in [6.07, 6.45) is 4.61. The van der Waals surface area contributed by atoms with Crippen molar-refractivity contribution in [2.75, 3.05) is 36.8 Å². The van der Waals surface area contributed by atoms with Gasteiger partial charge in [-0.25, -0.2) is 0 Å². The number of carbonyl (C=O) groups is 2. The van der Waals surface area contributed by atoms with Crippen molar-refractivity contribution >= 4 is 23.2 Å². The molecule has 2 fully saturated rings. The highest BCUT2D eigenvalue weighted by atomic mass is 16.2. The van der Waals surface area contributed by atoms with Gasteiger partial charge in [-0.2, -0.15) is 0 Å². The fraction of sp³-hybridized carbons (Fsp3) is 0.462. The van der Waals surface area contributed by atoms with E-state index in [-0.39, 0.29) is 23.9 Å². The van der Waals surface area contributed by atoms with Gasteiger partial charge in [0.2, 0.25) is 0 Å². The Morgan fingerprint density at radius 3 is 2.45 bits per heavy atom. The topological polar surface area (TPSA) is 105 Å². The van der Waals surface area contributed by atoms with E-state index in [0.717, 1.165) is 55.5 Å². The molecule has 2 aliphatic rings. The zero-order chi connectivity index (χ0) is 23.4. The van der Waals surface area contributed by atoms with Gasteiger partial charge in [0.1, 0.15) is 0 Å². The minimum absolute atomic E-state index is 0.0733. The molecule has 0 spiro atoms. The number of aryl methyl sites for hydroxylation is 1. The monoisotopic (exact) mass is 449 g/mol. The average molecular weight is 450 g/mol. The highest BCUT2D eigenvalue weighted by Gasteiger charge is 2.23. The Bertz CT molecular complexity index is 1000. The van der Waals surface area contributed by atoms with E-state index in [9.17, 15) is 9.59 Å². The number of nitrogen functional groups attached to an aromatic ring is 1. The fourth-order valence-corrected chi connectivity index (χ4v) is 4.84. The first-order valence-electron chi connectivity index (χ1n) is 12.0. The summed E-state index contributed by atoms with van der Waals surface area (Å²) < 4.78 is 0. The second-order valence-corrected chi connectivity index (χ2v) is 9.36. The molecular formula is C26H35N5O2. The number of benzene rings is 2. The molecule has 0 unspecified atom stereocenters. The molecule has 1 aliphatic carbocycles. The van der Waals surface area contributed by atoms with Crippen LogP contribution < -0.4 is 21.7 Å². The first-order valence-corrected chi connectivity index (χ1v) is 12.0. The summed E-state index contributed by atoms with van der Waals surface area (Å²) >= 11 is 0. The van der Waals surface area contributed by atoms with Crippen LogP contribution in [-0.2, 0) is 0 Å². The summed E-state index contributed by atoms with van der Waals surface area (Å²) in [6.45, 7) is 4.87. The predicted octanol–water partition coefficient (Wildman–Crippen LogP) is 2.93. The number of rotatable bonds is 4. The highest BCUT2D eigenvalue weighted by Crippen LogP contribution is 2.26. The lowest BCUT2D eigenvalue weighted by molar-refractivity contribution is 0.0766. The molecule has 33 heavy (non-hydrogen) atoms. The number of nitrogens with two attached hydrogens (primary N) is 2. The summed E-state index contributed by atoms with van der Waals surface area (Å²) in [5, 5.41) is 3.12. The second kappa shape index (κ2) is 10.3. The van der Waals surface area contributed by atoms with Crippen LogP contribution in [0.5, 0.6) is 0 Å². The molecule has 2 amide bonds. The first-order chi connectivity index (χ1) is 15.9. The van der Waals surface area contributed by atoms with Crippen LogP contribution in [0.3, 0.4) is 0 Å². The average Bonchev–Trinajstić information content (AvgIpc) is 3.06. The third-order valence-corrected chi connectivity index (χ3v) is 6.79. The summed E-state index contributed by atoms with van der Waals surface area (Å²) in [4.78, 5) is 29.8. The molecule has 1 heterocycles. The third kappa shape index (κ3) is 5.66. The molecule has 176 valence electrons. The van der Waals surface area contributed by atoms with Crippen molar-refractivity contribution < 1.29 is 9.59 Å². The van der Waals surface area contributed by atoms with Crippen molar-refractivity contribution in [2.45, 2.75) is 51.1 Å². The summed E-state index contributed by atoms with van der Waals surface area (Å²) in [5.41, 5.74) is 16.2. The fourth-order valence-electron chi connectivity index (χ4n) is 4.84. The first kappa shape index (κ1) is 23.1. The van der Waals surface area contributed by atoms with Crippen molar-refractivity contribution in [3.05, 3.63) is 59.2 Å². The van der Waals surface area contributed by atoms with E-state index < -0.39 is 0 Å². The number of hydrogen-bond acceptors (Lipinski definition) is 5. The van der Waals surface area contributed by atoms with Gasteiger partial charge >= 0.3 is 0 Å². The summed E-state index contributed by atoms with van der Waals surface area (Å²) in [6, 6.07) is 13.7. The number of anilines is 2. The molecule has 1 saturated carbocycles. The Morgan fingerprint density at radius 1 is 0.939 bits per heavy atom. The number of hydrogen-bond donors (Lipinski definition) is 3. The SMILES string of the molecule is Cc1cccc(C(=O)N2CCCN(c3ccc(C(=O)NC4CCC(N)CC4)cc3N)CC2)c1. The van der Waals surface area contributed by atoms with Crippen LogP contribution in [0, 0.1) is 6.92 Å². The standard InChI is InChI=1S/C26H35N5O2/c1-18-4-2-5-20(16-18)26(33)31-13-3-12-30(14-15-31)24-11-6-19(17-23(24)28)25(32)29-22-9-7-21(27)8-10-22/h2,4-6,11,16-17,21-22H,3,7-10,12-15,27-28H2,1H3,(H,29,32). The van der Waals surface area contributed by atoms with Crippen LogP contribution >= 0.6 is 0 Å². The Hall–Kier alpha value is -3.06. The largest absolute Gasteiger partial charge is 0.397 e. The minimum atomic E-state index is -0.0838. The van der Waals surface area contributed by atoms with E-state index in [1.807, 2.05) is 48.2 Å². The molecule has 7 heteroatoms. The Labute approximate surface area is 196 Å². The van der Waals surface area contributed by atoms with Gasteiger partial charge in [-0.3, -0.25) is 9.59 Å². The number of nitrogens with zero attached hydrogens (tertiary/aromatic N) is 2. The third-order valence-electron chi connectivity index (χ3n) is 6.79. The molecular weight excluding hydrogens is 414 g/mol. The van der Waals surface area contributed by atoms with Crippen molar-refractivity contribution in [1.29, 1.82) is 0 Å². The van der Waals surface area contributed by atoms with Gasteiger partial charge in [-0.15, -0.1) is 0 Å². The van der Waals surface area contributed by atoms with Crippen molar-refractivity contribution in [3.8, 4) is 0 Å². The zero-order valence-corrected chi connectivity index (χ0v) is 19.4. The van der Waals surface area contributed by atoms with Crippen LogP contribution in [0.1, 0.15) is 58.4 Å². The van der Waals surface area contributed by atoms with Crippen LogP contribution in [0.4, 0.5) is 11.4 Å². The number of nitrogens with one attached hydrogen (secondary N) is 1. The van der Waals surface area contributed by atoms with Gasteiger partial charge in [-0.1, -0.05) is 17.7 Å². The maximum absolute atomic E-state index is 12.9. The van der Waals surface area contributed by atoms with E-state index >= 15 is 0 Å². The quantitative estimate of drug-likeness (QED) is 0.623. The van der Waals surface area contributed by atoms with Gasteiger partial charge in [0.15, 0.2) is 0 Å². The van der Waals surface area contributed by atoms with E-state index in [2.05, 4.69) is 10.2 Å². The molecule has 0 bridgehead atoms. The molecule has 0 aromatic heterocycles. The molecule has 0 radical (unpaired) electrons. The smallest absolute Gasteiger partial charge is 0.253 e. The van der Waals surface area contributed by atoms with Gasteiger partial charge in [0.05, 0.1) is 11.4 Å². The molecule has 5 N–H and O–H groups in total. The minimum Gasteiger partial charge on any atom is -0.397 e. The van der Waals surface area contributed by atoms with Crippen LogP contribution in [0.15, 0.2) is 42.5 Å². The summed E-state index contributed by atoms with van der Waals surface area (Å²) in [5.74, 6) is -0.0104. The lowest BCUT2D eigenvalue weighted by Crippen LogP contribution is -2.40. The second-order valence-electron chi connectivity index (χ2n) is 9.36. The molecule has 1 saturated heterocycles. The van der Waals surface area contributed by atoms with Crippen LogP contribution in [-0.4, -0.2) is 55.0 Å². The lowest BCUT2D eigenvalue weighted by Gasteiger charge is -2.27. The van der Waals surface area contributed by atoms with Crippen molar-refractivity contribution in [3.63, 3.8) is 0 Å². The Morgan fingerprint density at radius 2 is 1.73 bits per heavy atom. The molecule has 4 rings (SSSR count). The van der Waals surface area contributed by atoms with E-state index in [0.29, 0.717) is 30.9 Å². The maximum atomic E-state index is 12.9. The van der Waals surface area contributed by atoms with E-state index in [1.54, 1.807) is 6.07 Å². The maximum Gasteiger partial charge on any atom is 0.253 e. The van der Waals surface area contributed by atoms with Gasteiger partial charge in [-0.05, 0) is 69.4 Å². The zero-order valence-electron chi connectivity index (χ0n) is 19.4. The van der Waals surface area contributed by atoms with Crippen molar-refractivity contribution in [2.24, 2.45) is 5.73 Å². The number of carbonyl (C=O) groups excluding carboxylic acids is 2. The molecule has 1 aliphatic heterocycles. The molecule has 2 aromatic carbocycles. The highest BCUT2D eigenvalue weighted by molar-refractivity contribution is 5.96. The predicted molar refractivity (Wildman–Crippen MR) is 132 cm³/mol. The van der Waals surface area contributed by atoms with Gasteiger partial charge in [0, 0.05) is 49.4 Å². The molecule has 7 nitrogen and oxygen atoms in total. The van der Waals surface area contributed by atoms with Crippen LogP contribution in [0.25, 0.3) is 0 Å². The van der Waals surface area contributed by atoms with Crippen molar-refractivity contribution in [1.82, 2.24) is 10.2 Å². The van der Waals surface area contributed by atoms with Gasteiger partial charge < -0.3 is 26.6 Å². The molecule has 0 atom stereocenters. The Balaban J connectivity index is 1.38. The van der Waals surface area contributed by atoms with Gasteiger partial charge in [0.25, 0.3) is 11.8 Å². The molecule has 2 aromatic rings. The number of amides is 2. The normalized spacial score (nSPS) is 21.4. The summed E-state index contributed by atoms with van der Waals surface area (Å²) in [7, 11) is 0. The van der Waals surface area contributed by atoms with Crippen LogP contribution in [0.2, 0.25) is 0 Å². The van der Waals surface area contributed by atoms with E-state index in [4.69, 9.17) is 11.5 Å². The van der Waals surface area contributed by atoms with E-state index in [1.165, 1.54) is 0 Å².